The molecule has 1 aromatic heterocycles. The highest BCUT2D eigenvalue weighted by molar-refractivity contribution is 5.37. The summed E-state index contributed by atoms with van der Waals surface area (Å²) in [6.07, 6.45) is 4.00. The van der Waals surface area contributed by atoms with E-state index in [2.05, 4.69) is 25.6 Å². The first-order valence-corrected chi connectivity index (χ1v) is 7.33. The van der Waals surface area contributed by atoms with Crippen molar-refractivity contribution in [2.75, 3.05) is 23.8 Å². The molecule has 1 aromatic rings. The molecule has 2 fully saturated rings. The zero-order valence-electron chi connectivity index (χ0n) is 11.9. The second-order valence-electron chi connectivity index (χ2n) is 5.09. The monoisotopic (exact) mass is 279 g/mol. The van der Waals surface area contributed by atoms with E-state index < -0.39 is 0 Å². The van der Waals surface area contributed by atoms with Gasteiger partial charge in [0.2, 0.25) is 11.9 Å². The molecule has 0 aromatic carbocycles. The SMILES string of the molecule is CCNc1nc(NC2CC3CCC2O3)nc(OCC)n1. The second kappa shape index (κ2) is 5.78. The third-order valence-electron chi connectivity index (χ3n) is 3.64. The largest absolute Gasteiger partial charge is 0.464 e. The summed E-state index contributed by atoms with van der Waals surface area (Å²) < 4.78 is 11.2. The molecule has 0 radical (unpaired) electrons. The van der Waals surface area contributed by atoms with Crippen LogP contribution in [-0.4, -0.2) is 46.4 Å². The number of anilines is 2. The van der Waals surface area contributed by atoms with Crippen molar-refractivity contribution in [3.8, 4) is 6.01 Å². The Bertz CT molecular complexity index is 446. The lowest BCUT2D eigenvalue weighted by Gasteiger charge is -2.20. The van der Waals surface area contributed by atoms with Gasteiger partial charge in [0.05, 0.1) is 24.9 Å². The third-order valence-corrected chi connectivity index (χ3v) is 3.64. The number of aromatic nitrogens is 3. The molecule has 2 aliphatic heterocycles. The van der Waals surface area contributed by atoms with Crippen molar-refractivity contribution >= 4 is 11.9 Å². The van der Waals surface area contributed by atoms with Crippen LogP contribution in [0, 0.1) is 0 Å². The van der Waals surface area contributed by atoms with Crippen LogP contribution in [0.2, 0.25) is 0 Å². The first-order valence-electron chi connectivity index (χ1n) is 7.33. The van der Waals surface area contributed by atoms with Crippen molar-refractivity contribution in [3.05, 3.63) is 0 Å². The minimum absolute atomic E-state index is 0.287. The Morgan fingerprint density at radius 2 is 2.05 bits per heavy atom. The van der Waals surface area contributed by atoms with E-state index in [0.29, 0.717) is 36.7 Å². The van der Waals surface area contributed by atoms with Crippen LogP contribution in [0.4, 0.5) is 11.9 Å². The summed E-state index contributed by atoms with van der Waals surface area (Å²) in [5.41, 5.74) is 0. The molecular formula is C13H21N5O2. The summed E-state index contributed by atoms with van der Waals surface area (Å²) in [7, 11) is 0. The lowest BCUT2D eigenvalue weighted by atomic mass is 9.96. The minimum Gasteiger partial charge on any atom is -0.464 e. The van der Waals surface area contributed by atoms with E-state index in [1.54, 1.807) is 0 Å². The maximum Gasteiger partial charge on any atom is 0.323 e. The van der Waals surface area contributed by atoms with E-state index >= 15 is 0 Å². The quantitative estimate of drug-likeness (QED) is 0.815. The van der Waals surface area contributed by atoms with Crippen LogP contribution >= 0.6 is 0 Å². The van der Waals surface area contributed by atoms with Gasteiger partial charge >= 0.3 is 6.01 Å². The summed E-state index contributed by atoms with van der Waals surface area (Å²) in [5, 5.41) is 6.45. The zero-order chi connectivity index (χ0) is 13.9. The predicted octanol–water partition coefficient (Wildman–Crippen LogP) is 1.43. The van der Waals surface area contributed by atoms with Crippen LogP contribution in [0.1, 0.15) is 33.1 Å². The Morgan fingerprint density at radius 1 is 1.20 bits per heavy atom. The average Bonchev–Trinajstić information content (AvgIpc) is 3.01. The van der Waals surface area contributed by atoms with Crippen LogP contribution in [-0.2, 0) is 4.74 Å². The number of hydrogen-bond acceptors (Lipinski definition) is 7. The van der Waals surface area contributed by atoms with Crippen LogP contribution in [0.5, 0.6) is 6.01 Å². The van der Waals surface area contributed by atoms with Crippen LogP contribution in [0.15, 0.2) is 0 Å². The summed E-state index contributed by atoms with van der Waals surface area (Å²) in [5.74, 6) is 1.10. The number of nitrogens with one attached hydrogen (secondary N) is 2. The third kappa shape index (κ3) is 2.77. The van der Waals surface area contributed by atoms with Gasteiger partial charge in [0.25, 0.3) is 0 Å². The number of rotatable bonds is 6. The molecule has 2 saturated heterocycles. The Balaban J connectivity index is 1.73. The summed E-state index contributed by atoms with van der Waals surface area (Å²) in [4.78, 5) is 12.9. The molecule has 2 N–H and O–H groups in total. The molecule has 20 heavy (non-hydrogen) atoms. The van der Waals surface area contributed by atoms with Crippen LogP contribution in [0.25, 0.3) is 0 Å². The van der Waals surface area contributed by atoms with E-state index in [4.69, 9.17) is 9.47 Å². The van der Waals surface area contributed by atoms with Crippen molar-refractivity contribution in [1.29, 1.82) is 0 Å². The second-order valence-corrected chi connectivity index (χ2v) is 5.09. The Morgan fingerprint density at radius 3 is 2.70 bits per heavy atom. The first kappa shape index (κ1) is 13.4. The van der Waals surface area contributed by atoms with E-state index in [0.717, 1.165) is 19.4 Å². The Kier molecular flexibility index (Phi) is 3.86. The summed E-state index contributed by atoms with van der Waals surface area (Å²) in [6.45, 7) is 5.20. The fraction of sp³-hybridized carbons (Fsp3) is 0.769. The predicted molar refractivity (Wildman–Crippen MR) is 75.1 cm³/mol. The van der Waals surface area contributed by atoms with Gasteiger partial charge in [-0.3, -0.25) is 0 Å². The fourth-order valence-corrected chi connectivity index (χ4v) is 2.81. The van der Waals surface area contributed by atoms with Gasteiger partial charge in [-0.05, 0) is 33.1 Å². The van der Waals surface area contributed by atoms with Gasteiger partial charge in [-0.2, -0.15) is 15.0 Å². The van der Waals surface area contributed by atoms with Gasteiger partial charge in [-0.15, -0.1) is 0 Å². The Labute approximate surface area is 118 Å². The van der Waals surface area contributed by atoms with Gasteiger partial charge in [0.1, 0.15) is 0 Å². The topological polar surface area (TPSA) is 81.2 Å². The molecule has 0 aliphatic carbocycles. The fourth-order valence-electron chi connectivity index (χ4n) is 2.81. The number of ether oxygens (including phenoxy) is 2. The molecule has 3 heterocycles. The maximum absolute atomic E-state index is 5.83. The molecule has 0 amide bonds. The van der Waals surface area contributed by atoms with E-state index in [1.807, 2.05) is 13.8 Å². The molecule has 3 unspecified atom stereocenters. The van der Waals surface area contributed by atoms with Gasteiger partial charge in [-0.1, -0.05) is 0 Å². The molecule has 110 valence electrons. The van der Waals surface area contributed by atoms with E-state index in [9.17, 15) is 0 Å². The van der Waals surface area contributed by atoms with Crippen molar-refractivity contribution in [2.24, 2.45) is 0 Å². The lowest BCUT2D eigenvalue weighted by Crippen LogP contribution is -2.31. The lowest BCUT2D eigenvalue weighted by molar-refractivity contribution is 0.102. The number of hydrogen-bond donors (Lipinski definition) is 2. The van der Waals surface area contributed by atoms with Gasteiger partial charge < -0.3 is 20.1 Å². The summed E-state index contributed by atoms with van der Waals surface area (Å²) in [6, 6.07) is 0.644. The highest BCUT2D eigenvalue weighted by Gasteiger charge is 2.41. The zero-order valence-corrected chi connectivity index (χ0v) is 11.9. The molecule has 2 aliphatic rings. The molecule has 3 atom stereocenters. The smallest absolute Gasteiger partial charge is 0.323 e. The number of nitrogens with zero attached hydrogens (tertiary/aromatic N) is 3. The van der Waals surface area contributed by atoms with Crippen molar-refractivity contribution in [2.45, 2.75) is 51.4 Å². The van der Waals surface area contributed by atoms with Crippen LogP contribution < -0.4 is 15.4 Å². The van der Waals surface area contributed by atoms with Gasteiger partial charge in [-0.25, -0.2) is 0 Å². The maximum atomic E-state index is 5.83. The first-order chi connectivity index (χ1) is 9.78. The molecule has 3 rings (SSSR count). The highest BCUT2D eigenvalue weighted by Crippen LogP contribution is 2.35. The summed E-state index contributed by atoms with van der Waals surface area (Å²) >= 11 is 0. The van der Waals surface area contributed by atoms with E-state index in [1.165, 1.54) is 6.42 Å². The van der Waals surface area contributed by atoms with Crippen LogP contribution in [0.3, 0.4) is 0 Å². The van der Waals surface area contributed by atoms with Crippen molar-refractivity contribution in [3.63, 3.8) is 0 Å². The Hall–Kier alpha value is -1.63. The number of fused-ring (bicyclic) bond motifs is 2. The van der Waals surface area contributed by atoms with Gasteiger partial charge in [0.15, 0.2) is 0 Å². The molecule has 7 nitrogen and oxygen atoms in total. The molecule has 0 spiro atoms. The molecule has 0 saturated carbocycles. The molecule has 7 heteroatoms. The normalized spacial score (nSPS) is 27.6. The molecular weight excluding hydrogens is 258 g/mol. The minimum atomic E-state index is 0.287. The standard InChI is InChI=1S/C13H21N5O2/c1-3-14-11-16-12(18-13(17-11)19-4-2)15-9-7-8-5-6-10(9)20-8/h8-10H,3-7H2,1-2H3,(H2,14,15,16,17,18). The van der Waals surface area contributed by atoms with Crippen molar-refractivity contribution in [1.82, 2.24) is 15.0 Å². The molecule has 2 bridgehead atoms. The highest BCUT2D eigenvalue weighted by atomic mass is 16.5. The van der Waals surface area contributed by atoms with E-state index in [-0.39, 0.29) is 6.10 Å². The van der Waals surface area contributed by atoms with Gasteiger partial charge in [0, 0.05) is 6.54 Å². The average molecular weight is 279 g/mol. The van der Waals surface area contributed by atoms with Crippen molar-refractivity contribution < 1.29 is 9.47 Å².